The predicted octanol–water partition coefficient (Wildman–Crippen LogP) is 7.20. The van der Waals surface area contributed by atoms with Gasteiger partial charge in [0.2, 0.25) is 0 Å². The number of rotatable bonds is 9. The quantitative estimate of drug-likeness (QED) is 0.410. The molecule has 1 aliphatic heterocycles. The van der Waals surface area contributed by atoms with Crippen LogP contribution in [0, 0.1) is 0 Å². The normalized spacial score (nSPS) is 13.9. The maximum atomic E-state index is 6.31. The molecule has 0 saturated carbocycles. The second-order valence-electron chi connectivity index (χ2n) is 9.50. The van der Waals surface area contributed by atoms with E-state index in [1.807, 2.05) is 18.2 Å². The van der Waals surface area contributed by atoms with Gasteiger partial charge >= 0.3 is 0 Å². The minimum atomic E-state index is 0.0746. The van der Waals surface area contributed by atoms with E-state index in [9.17, 15) is 0 Å². The van der Waals surface area contributed by atoms with Crippen LogP contribution in [0.4, 0.5) is 5.69 Å². The standard InChI is InChI=1S/C27H37NO2/c1-8-26(4,5)21-15-16-24(22(19-21)27(6,7)9-2)29-18-12-17-28-20(3)30-25-14-11-10-13-23(25)28/h10-11,13-16,19H,3,8-9,12,17-18H2,1-2,4-7H3. The molecule has 0 saturated heterocycles. The smallest absolute Gasteiger partial charge is 0.193 e. The molecule has 2 aromatic carbocycles. The SMILES string of the molecule is C=C1Oc2ccccc2N1CCCOc1ccc(C(C)(C)CC)cc1C(C)(C)CC. The molecule has 3 heteroatoms. The van der Waals surface area contributed by atoms with E-state index < -0.39 is 0 Å². The molecule has 0 radical (unpaired) electrons. The lowest BCUT2D eigenvalue weighted by Crippen LogP contribution is -2.23. The van der Waals surface area contributed by atoms with Gasteiger partial charge in [-0.3, -0.25) is 0 Å². The summed E-state index contributed by atoms with van der Waals surface area (Å²) in [6, 6.07) is 14.9. The van der Waals surface area contributed by atoms with Crippen molar-refractivity contribution in [1.29, 1.82) is 0 Å². The summed E-state index contributed by atoms with van der Waals surface area (Å²) in [4.78, 5) is 2.13. The van der Waals surface area contributed by atoms with E-state index in [1.54, 1.807) is 0 Å². The van der Waals surface area contributed by atoms with E-state index in [-0.39, 0.29) is 10.8 Å². The lowest BCUT2D eigenvalue weighted by Gasteiger charge is -2.30. The van der Waals surface area contributed by atoms with Crippen molar-refractivity contribution in [2.24, 2.45) is 0 Å². The second-order valence-corrected chi connectivity index (χ2v) is 9.50. The van der Waals surface area contributed by atoms with E-state index in [0.717, 1.165) is 43.0 Å². The highest BCUT2D eigenvalue weighted by Gasteiger charge is 2.27. The minimum Gasteiger partial charge on any atom is -0.493 e. The van der Waals surface area contributed by atoms with Crippen LogP contribution in [0.2, 0.25) is 0 Å². The zero-order valence-corrected chi connectivity index (χ0v) is 19.5. The van der Waals surface area contributed by atoms with Gasteiger partial charge in [0.15, 0.2) is 11.6 Å². The fraction of sp³-hybridized carbons (Fsp3) is 0.481. The number of benzene rings is 2. The van der Waals surface area contributed by atoms with E-state index in [4.69, 9.17) is 9.47 Å². The summed E-state index contributed by atoms with van der Waals surface area (Å²) in [5, 5.41) is 0. The third kappa shape index (κ3) is 4.50. The molecule has 0 unspecified atom stereocenters. The molecule has 3 rings (SSSR count). The summed E-state index contributed by atoms with van der Waals surface area (Å²) < 4.78 is 12.1. The van der Waals surface area contributed by atoms with Crippen LogP contribution < -0.4 is 14.4 Å². The Morgan fingerprint density at radius 3 is 2.37 bits per heavy atom. The third-order valence-corrected chi connectivity index (χ3v) is 6.73. The average Bonchev–Trinajstić information content (AvgIpc) is 3.06. The largest absolute Gasteiger partial charge is 0.493 e. The monoisotopic (exact) mass is 407 g/mol. The average molecular weight is 408 g/mol. The van der Waals surface area contributed by atoms with E-state index in [1.165, 1.54) is 11.1 Å². The maximum absolute atomic E-state index is 6.31. The van der Waals surface area contributed by atoms with Gasteiger partial charge in [-0.1, -0.05) is 65.8 Å². The van der Waals surface area contributed by atoms with E-state index in [0.29, 0.717) is 12.5 Å². The Morgan fingerprint density at radius 2 is 1.67 bits per heavy atom. The van der Waals surface area contributed by atoms with Crippen LogP contribution in [-0.2, 0) is 10.8 Å². The molecule has 1 heterocycles. The summed E-state index contributed by atoms with van der Waals surface area (Å²) in [6.07, 6.45) is 3.08. The molecule has 0 spiro atoms. The van der Waals surface area contributed by atoms with Crippen molar-refractivity contribution in [2.45, 2.75) is 71.6 Å². The fourth-order valence-electron chi connectivity index (χ4n) is 3.73. The van der Waals surface area contributed by atoms with E-state index in [2.05, 4.69) is 77.3 Å². The second kappa shape index (κ2) is 8.75. The molecule has 3 nitrogen and oxygen atoms in total. The number of hydrogen-bond donors (Lipinski definition) is 0. The first kappa shape index (κ1) is 22.3. The first-order valence-electron chi connectivity index (χ1n) is 11.2. The Kier molecular flexibility index (Phi) is 6.50. The van der Waals surface area contributed by atoms with Crippen LogP contribution in [0.1, 0.15) is 71.9 Å². The Labute approximate surface area is 182 Å². The Morgan fingerprint density at radius 1 is 0.967 bits per heavy atom. The summed E-state index contributed by atoms with van der Waals surface area (Å²) in [7, 11) is 0. The van der Waals surface area contributed by atoms with Crippen LogP contribution in [0.3, 0.4) is 0 Å². The number of fused-ring (bicyclic) bond motifs is 1. The molecule has 0 amide bonds. The first-order chi connectivity index (χ1) is 14.2. The molecule has 0 aliphatic carbocycles. The van der Waals surface area contributed by atoms with Crippen molar-refractivity contribution < 1.29 is 9.47 Å². The number of nitrogens with zero attached hydrogens (tertiary/aromatic N) is 1. The van der Waals surface area contributed by atoms with Gasteiger partial charge in [0.1, 0.15) is 5.75 Å². The number of para-hydroxylation sites is 2. The molecule has 0 N–H and O–H groups in total. The van der Waals surface area contributed by atoms with Gasteiger partial charge in [-0.05, 0) is 60.4 Å². The van der Waals surface area contributed by atoms with Gasteiger partial charge in [0.25, 0.3) is 0 Å². The molecule has 162 valence electrons. The Balaban J connectivity index is 1.70. The highest BCUT2D eigenvalue weighted by molar-refractivity contribution is 5.65. The van der Waals surface area contributed by atoms with Crippen LogP contribution in [0.25, 0.3) is 0 Å². The molecule has 30 heavy (non-hydrogen) atoms. The van der Waals surface area contributed by atoms with Gasteiger partial charge in [-0.25, -0.2) is 0 Å². The van der Waals surface area contributed by atoms with Gasteiger partial charge in [0.05, 0.1) is 12.3 Å². The lowest BCUT2D eigenvalue weighted by atomic mass is 9.76. The van der Waals surface area contributed by atoms with E-state index >= 15 is 0 Å². The molecule has 2 aromatic rings. The highest BCUT2D eigenvalue weighted by atomic mass is 16.5. The zero-order chi connectivity index (χ0) is 21.9. The third-order valence-electron chi connectivity index (χ3n) is 6.73. The zero-order valence-electron chi connectivity index (χ0n) is 19.5. The lowest BCUT2D eigenvalue weighted by molar-refractivity contribution is 0.300. The van der Waals surface area contributed by atoms with Crippen molar-refractivity contribution >= 4 is 5.69 Å². The number of anilines is 1. The number of hydrogen-bond acceptors (Lipinski definition) is 3. The predicted molar refractivity (Wildman–Crippen MR) is 127 cm³/mol. The summed E-state index contributed by atoms with van der Waals surface area (Å²) in [6.45, 7) is 19.3. The van der Waals surface area contributed by atoms with Crippen LogP contribution >= 0.6 is 0 Å². The van der Waals surface area contributed by atoms with Crippen molar-refractivity contribution in [3.63, 3.8) is 0 Å². The summed E-state index contributed by atoms with van der Waals surface area (Å²) in [5.74, 6) is 2.58. The molecular weight excluding hydrogens is 370 g/mol. The van der Waals surface area contributed by atoms with Crippen LogP contribution in [0.5, 0.6) is 11.5 Å². The highest BCUT2D eigenvalue weighted by Crippen LogP contribution is 2.39. The van der Waals surface area contributed by atoms with Gasteiger partial charge in [0, 0.05) is 12.1 Å². The first-order valence-corrected chi connectivity index (χ1v) is 11.2. The molecule has 1 aliphatic rings. The molecule has 0 bridgehead atoms. The topological polar surface area (TPSA) is 21.7 Å². The molecule has 0 fully saturated rings. The van der Waals surface area contributed by atoms with Crippen LogP contribution in [0.15, 0.2) is 54.9 Å². The summed E-state index contributed by atoms with van der Waals surface area (Å²) >= 11 is 0. The maximum Gasteiger partial charge on any atom is 0.193 e. The van der Waals surface area contributed by atoms with Crippen molar-refractivity contribution in [2.75, 3.05) is 18.1 Å². The minimum absolute atomic E-state index is 0.0746. The van der Waals surface area contributed by atoms with Crippen molar-refractivity contribution in [3.05, 3.63) is 66.1 Å². The Hall–Kier alpha value is -2.42. The van der Waals surface area contributed by atoms with Crippen LogP contribution in [-0.4, -0.2) is 13.2 Å². The molecule has 0 atom stereocenters. The fourth-order valence-corrected chi connectivity index (χ4v) is 3.73. The number of ether oxygens (including phenoxy) is 2. The molecular formula is C27H37NO2. The van der Waals surface area contributed by atoms with Crippen molar-refractivity contribution in [1.82, 2.24) is 0 Å². The van der Waals surface area contributed by atoms with Gasteiger partial charge in [-0.15, -0.1) is 0 Å². The van der Waals surface area contributed by atoms with Gasteiger partial charge < -0.3 is 14.4 Å². The summed E-state index contributed by atoms with van der Waals surface area (Å²) in [5.41, 5.74) is 4.02. The van der Waals surface area contributed by atoms with Crippen molar-refractivity contribution in [3.8, 4) is 11.5 Å². The molecule has 0 aromatic heterocycles. The van der Waals surface area contributed by atoms with Gasteiger partial charge in [-0.2, -0.15) is 0 Å². The Bertz CT molecular complexity index is 897.